The maximum absolute atomic E-state index is 12.0. The molecule has 12 nitrogen and oxygen atoms in total. The number of aliphatic hydroxyl groups is 2. The lowest BCUT2D eigenvalue weighted by molar-refractivity contribution is -0.142. The van der Waals surface area contributed by atoms with Gasteiger partial charge in [-0.2, -0.15) is 0 Å². The van der Waals surface area contributed by atoms with Crippen LogP contribution in [0.5, 0.6) is 0 Å². The van der Waals surface area contributed by atoms with Crippen molar-refractivity contribution in [2.24, 2.45) is 23.7 Å². The van der Waals surface area contributed by atoms with E-state index >= 15 is 0 Å². The molecule has 14 heteroatoms. The zero-order valence-electron chi connectivity index (χ0n) is 43.3. The second-order valence-electron chi connectivity index (χ2n) is 21.3. The van der Waals surface area contributed by atoms with E-state index in [1.807, 2.05) is 72.8 Å². The van der Waals surface area contributed by atoms with E-state index in [-0.39, 0.29) is 65.5 Å². The normalized spacial score (nSPS) is 26.6. The number of carbonyl (C=O) groups excluding carboxylic acids is 5. The molecule has 4 aromatic rings. The molecule has 10 atom stereocenters. The van der Waals surface area contributed by atoms with Crippen LogP contribution >= 0.6 is 0 Å². The van der Waals surface area contributed by atoms with Crippen molar-refractivity contribution in [2.45, 2.75) is 135 Å². The quantitative estimate of drug-likeness (QED) is 0.113. The topological polar surface area (TPSA) is 160 Å². The van der Waals surface area contributed by atoms with Gasteiger partial charge in [0.1, 0.15) is 41.3 Å². The molecule has 2 bridgehead atoms. The van der Waals surface area contributed by atoms with E-state index in [2.05, 4.69) is 85.0 Å². The zero-order valence-corrected chi connectivity index (χ0v) is 43.3. The third-order valence-corrected chi connectivity index (χ3v) is 14.8. The smallest absolute Gasteiger partial charge is 0.458 e. The van der Waals surface area contributed by atoms with E-state index in [0.29, 0.717) is 25.0 Å². The third-order valence-electron chi connectivity index (χ3n) is 14.8. The first-order valence-corrected chi connectivity index (χ1v) is 26.1. The Hall–Kier alpha value is -6.50. The molecule has 4 aromatic carbocycles. The summed E-state index contributed by atoms with van der Waals surface area (Å²) in [6, 6.07) is 33.0. The molecule has 74 heavy (non-hydrogen) atoms. The van der Waals surface area contributed by atoms with Gasteiger partial charge in [-0.1, -0.05) is 119 Å². The number of hydrogen-bond donors (Lipinski definition) is 2. The molecule has 2 radical (unpaired) electrons. The predicted octanol–water partition coefficient (Wildman–Crippen LogP) is 7.34. The highest BCUT2D eigenvalue weighted by molar-refractivity contribution is 6.72. The van der Waals surface area contributed by atoms with Gasteiger partial charge in [-0.25, -0.2) is 4.79 Å². The number of hydrogen-bond acceptors (Lipinski definition) is 12. The molecule has 2 fully saturated rings. The van der Waals surface area contributed by atoms with E-state index in [4.69, 9.17) is 14.2 Å². The molecule has 0 spiro atoms. The number of fused-ring (bicyclic) bond motifs is 6. The van der Waals surface area contributed by atoms with Crippen molar-refractivity contribution in [2.75, 3.05) is 9.80 Å². The Morgan fingerprint density at radius 2 is 1.05 bits per heavy atom. The van der Waals surface area contributed by atoms with Crippen LogP contribution in [0.2, 0.25) is 0 Å². The van der Waals surface area contributed by atoms with Crippen LogP contribution in [0.15, 0.2) is 134 Å². The fraction of sp³-hybridized carbons (Fsp3) is 0.417. The van der Waals surface area contributed by atoms with Gasteiger partial charge in [-0.05, 0) is 123 Å². The SMILES string of the molecule is CC(=O)C1CC(O)C(O)C(N2c3ccccc3[B]c3ccccc32)C1.CC(=O)C1CC=CC(N2c3ccccc3[B]c3ccccc32)C1.CC(=O)C1CC=CC(OC(=O)OC(C)(C)C)C1.O=C1OC2C=CCC1C2. The van der Waals surface area contributed by atoms with Crippen molar-refractivity contribution in [3.05, 3.63) is 134 Å². The minimum absolute atomic E-state index is 0.00926. The molecule has 0 amide bonds. The molecule has 11 rings (SSSR count). The highest BCUT2D eigenvalue weighted by atomic mass is 16.7. The number of Topliss-reactive ketones (excluding diaryl/α,β-unsaturated/α-hetero) is 3. The first-order valence-electron chi connectivity index (χ1n) is 26.1. The van der Waals surface area contributed by atoms with Gasteiger partial charge >= 0.3 is 12.1 Å². The number of benzene rings is 4. The molecule has 2 N–H and O–H groups in total. The Kier molecular flexibility index (Phi) is 17.3. The maximum atomic E-state index is 12.0. The molecule has 0 aromatic heterocycles. The predicted molar refractivity (Wildman–Crippen MR) is 291 cm³/mol. The first-order chi connectivity index (χ1) is 35.4. The lowest BCUT2D eigenvalue weighted by Gasteiger charge is -2.46. The standard InChI is InChI=1S/C20H21BNO3.C20H19BNO.C13H20O4.C7H8O2/c1-12(23)13-10-18(20(25)19(24)11-13)22-16-8-4-2-6-14(16)21-15-7-3-5-9-17(15)22;1-14(23)15-7-6-8-16(13-15)22-19-11-4-2-9-17(19)21-18-10-3-5-12-20(18)22;1-9(14)10-6-5-7-11(8-10)16-12(15)17-13(2,3)4;8-7-5-2-1-3-6(4-5)9-7/h2-9,13,18-20,24-25H,10-11H2,1H3;2-6,8-12,15-16H,7,13H2,1H3;5,7,10-11H,6,8H2,1-4H3;1,3,5-6H,2,4H2. The summed E-state index contributed by atoms with van der Waals surface area (Å²) in [5, 5.41) is 21.1. The third kappa shape index (κ3) is 13.1. The van der Waals surface area contributed by atoms with Crippen molar-refractivity contribution in [1.82, 2.24) is 0 Å². The number of carbonyl (C=O) groups is 5. The number of esters is 1. The van der Waals surface area contributed by atoms with E-state index in [9.17, 15) is 34.2 Å². The molecular weight excluding hydrogens is 930 g/mol. The second kappa shape index (κ2) is 23.8. The van der Waals surface area contributed by atoms with Gasteiger partial charge in [0.15, 0.2) is 14.6 Å². The Morgan fingerprint density at radius 3 is 1.54 bits per heavy atom. The van der Waals surface area contributed by atoms with Crippen LogP contribution in [0.4, 0.5) is 27.5 Å². The number of para-hydroxylation sites is 4. The van der Waals surface area contributed by atoms with E-state index in [1.165, 1.54) is 22.3 Å². The van der Waals surface area contributed by atoms with Gasteiger partial charge in [0.2, 0.25) is 0 Å². The molecule has 384 valence electrons. The minimum Gasteiger partial charge on any atom is -0.458 e. The fourth-order valence-corrected chi connectivity index (χ4v) is 10.9. The van der Waals surface area contributed by atoms with Crippen LogP contribution in [0.1, 0.15) is 92.9 Å². The summed E-state index contributed by atoms with van der Waals surface area (Å²) in [4.78, 5) is 61.8. The molecule has 7 aliphatic rings. The van der Waals surface area contributed by atoms with Gasteiger partial charge in [-0.15, -0.1) is 0 Å². The van der Waals surface area contributed by atoms with Gasteiger partial charge in [-0.3, -0.25) is 19.2 Å². The summed E-state index contributed by atoms with van der Waals surface area (Å²) >= 11 is 0. The molecule has 4 aliphatic carbocycles. The molecule has 10 unspecified atom stereocenters. The number of ketones is 3. The summed E-state index contributed by atoms with van der Waals surface area (Å²) in [7, 11) is 4.38. The Morgan fingerprint density at radius 1 is 0.581 bits per heavy atom. The minimum atomic E-state index is -0.894. The second-order valence-corrected chi connectivity index (χ2v) is 21.3. The summed E-state index contributed by atoms with van der Waals surface area (Å²) in [6.45, 7) is 10.2. The highest BCUT2D eigenvalue weighted by Gasteiger charge is 2.43. The number of anilines is 4. The van der Waals surface area contributed by atoms with Crippen molar-refractivity contribution < 1.29 is 48.4 Å². The lowest BCUT2D eigenvalue weighted by Crippen LogP contribution is -2.56. The monoisotopic (exact) mass is 999 g/mol. The van der Waals surface area contributed by atoms with Crippen LogP contribution < -0.4 is 31.7 Å². The molecule has 1 saturated heterocycles. The van der Waals surface area contributed by atoms with Gasteiger partial charge in [0.25, 0.3) is 0 Å². The Labute approximate surface area is 437 Å². The van der Waals surface area contributed by atoms with Crippen molar-refractivity contribution in [3.63, 3.8) is 0 Å². The van der Waals surface area contributed by atoms with Crippen molar-refractivity contribution >= 4 is 88.6 Å². The molecule has 1 saturated carbocycles. The van der Waals surface area contributed by atoms with Crippen LogP contribution in [0.25, 0.3) is 0 Å². The van der Waals surface area contributed by atoms with E-state index in [1.54, 1.807) is 41.5 Å². The average Bonchev–Trinajstić information content (AvgIpc) is 3.64. The van der Waals surface area contributed by atoms with Gasteiger partial charge in [0.05, 0.1) is 24.1 Å². The molecule has 3 heterocycles. The van der Waals surface area contributed by atoms with Gasteiger partial charge in [0, 0.05) is 46.9 Å². The Bertz CT molecular complexity index is 2690. The number of rotatable bonds is 6. The summed E-state index contributed by atoms with van der Waals surface area (Å²) < 4.78 is 15.2. The van der Waals surface area contributed by atoms with E-state index in [0.717, 1.165) is 54.4 Å². The number of ether oxygens (including phenoxy) is 3. The van der Waals surface area contributed by atoms with Crippen LogP contribution in [0, 0.1) is 23.7 Å². The largest absolute Gasteiger partial charge is 0.509 e. The zero-order chi connectivity index (χ0) is 52.7. The first kappa shape index (κ1) is 53.8. The number of nitrogens with zero attached hydrogens (tertiary/aromatic N) is 2. The molecular formula is C60H68B2N2O10. The van der Waals surface area contributed by atoms with Crippen LogP contribution in [-0.2, 0) is 33.4 Å². The van der Waals surface area contributed by atoms with Gasteiger partial charge < -0.3 is 34.2 Å². The summed E-state index contributed by atoms with van der Waals surface area (Å²) in [5.41, 5.74) is 8.53. The molecule has 3 aliphatic heterocycles. The van der Waals surface area contributed by atoms with E-state index < -0.39 is 24.0 Å². The summed E-state index contributed by atoms with van der Waals surface area (Å²) in [6.07, 6.45) is 15.1. The number of allylic oxidation sites excluding steroid dienone is 3. The fourth-order valence-electron chi connectivity index (χ4n) is 10.9. The van der Waals surface area contributed by atoms with Crippen LogP contribution in [0.3, 0.4) is 0 Å². The Balaban J connectivity index is 0.000000138. The van der Waals surface area contributed by atoms with Crippen molar-refractivity contribution in [3.8, 4) is 0 Å². The van der Waals surface area contributed by atoms with Crippen LogP contribution in [-0.4, -0.2) is 96.3 Å². The lowest BCUT2D eigenvalue weighted by atomic mass is 9.60. The number of aliphatic hydroxyl groups excluding tert-OH is 2. The summed E-state index contributed by atoms with van der Waals surface area (Å²) in [5.74, 6) is 0.527. The highest BCUT2D eigenvalue weighted by Crippen LogP contribution is 2.38. The maximum Gasteiger partial charge on any atom is 0.509 e. The average molecular weight is 999 g/mol. The van der Waals surface area contributed by atoms with Crippen molar-refractivity contribution in [1.29, 1.82) is 0 Å².